The highest BCUT2D eigenvalue weighted by molar-refractivity contribution is 6.31. The summed E-state index contributed by atoms with van der Waals surface area (Å²) >= 11 is 6.03. The highest BCUT2D eigenvalue weighted by atomic mass is 35.5. The molecule has 0 N–H and O–H groups in total. The molecule has 0 saturated heterocycles. The van der Waals surface area contributed by atoms with Gasteiger partial charge in [0.2, 0.25) is 5.70 Å². The maximum absolute atomic E-state index is 10.6. The SMILES string of the molecule is C/C(=C\c1cc2ccc(C)cc2nc1Cl)[N+](=O)[O-]. The van der Waals surface area contributed by atoms with Crippen molar-refractivity contribution in [1.82, 2.24) is 4.98 Å². The van der Waals surface area contributed by atoms with Crippen LogP contribution in [0, 0.1) is 17.0 Å². The Labute approximate surface area is 109 Å². The Kier molecular flexibility index (Phi) is 3.30. The fourth-order valence-corrected chi connectivity index (χ4v) is 1.85. The van der Waals surface area contributed by atoms with Gasteiger partial charge in [-0.05, 0) is 24.6 Å². The Morgan fingerprint density at radius 2 is 2.17 bits per heavy atom. The summed E-state index contributed by atoms with van der Waals surface area (Å²) < 4.78 is 0. The predicted molar refractivity (Wildman–Crippen MR) is 72.1 cm³/mol. The first-order valence-electron chi connectivity index (χ1n) is 5.37. The van der Waals surface area contributed by atoms with E-state index in [0.29, 0.717) is 5.56 Å². The molecule has 0 aliphatic rings. The molecule has 0 fully saturated rings. The molecule has 4 nitrogen and oxygen atoms in total. The van der Waals surface area contributed by atoms with Crippen molar-refractivity contribution in [3.05, 3.63) is 56.4 Å². The summed E-state index contributed by atoms with van der Waals surface area (Å²) in [5.41, 5.74) is 2.47. The molecule has 0 saturated carbocycles. The first-order valence-corrected chi connectivity index (χ1v) is 5.75. The maximum atomic E-state index is 10.6. The molecule has 2 aromatic rings. The summed E-state index contributed by atoms with van der Waals surface area (Å²) in [5, 5.41) is 11.8. The average Bonchev–Trinajstić information content (AvgIpc) is 2.30. The highest BCUT2D eigenvalue weighted by Crippen LogP contribution is 2.23. The zero-order valence-electron chi connectivity index (χ0n) is 9.98. The Morgan fingerprint density at radius 3 is 2.83 bits per heavy atom. The van der Waals surface area contributed by atoms with Gasteiger partial charge in [-0.2, -0.15) is 0 Å². The van der Waals surface area contributed by atoms with E-state index in [1.807, 2.05) is 25.1 Å². The van der Waals surface area contributed by atoms with E-state index in [1.165, 1.54) is 13.0 Å². The van der Waals surface area contributed by atoms with Crippen molar-refractivity contribution >= 4 is 28.6 Å². The van der Waals surface area contributed by atoms with Gasteiger partial charge in [0.15, 0.2) is 0 Å². The third-order valence-corrected chi connectivity index (χ3v) is 2.91. The van der Waals surface area contributed by atoms with Crippen molar-refractivity contribution in [2.45, 2.75) is 13.8 Å². The van der Waals surface area contributed by atoms with Crippen LogP contribution in [0.3, 0.4) is 0 Å². The van der Waals surface area contributed by atoms with E-state index >= 15 is 0 Å². The number of allylic oxidation sites excluding steroid dienone is 1. The lowest BCUT2D eigenvalue weighted by atomic mass is 10.1. The highest BCUT2D eigenvalue weighted by Gasteiger charge is 2.08. The monoisotopic (exact) mass is 262 g/mol. The predicted octanol–water partition coefficient (Wildman–Crippen LogP) is 3.83. The van der Waals surface area contributed by atoms with Gasteiger partial charge in [0.1, 0.15) is 5.15 Å². The zero-order valence-corrected chi connectivity index (χ0v) is 10.7. The van der Waals surface area contributed by atoms with E-state index in [9.17, 15) is 10.1 Å². The van der Waals surface area contributed by atoms with Gasteiger partial charge in [-0.25, -0.2) is 4.98 Å². The van der Waals surface area contributed by atoms with E-state index in [-0.39, 0.29) is 10.9 Å². The summed E-state index contributed by atoms with van der Waals surface area (Å²) in [6.07, 6.45) is 1.43. The number of benzene rings is 1. The number of rotatable bonds is 2. The van der Waals surface area contributed by atoms with E-state index in [4.69, 9.17) is 11.6 Å². The van der Waals surface area contributed by atoms with Crippen LogP contribution in [-0.2, 0) is 0 Å². The number of hydrogen-bond donors (Lipinski definition) is 0. The quantitative estimate of drug-likeness (QED) is 0.469. The molecule has 0 atom stereocenters. The molecular weight excluding hydrogens is 252 g/mol. The number of fused-ring (bicyclic) bond motifs is 1. The molecule has 1 aromatic heterocycles. The number of nitrogens with zero attached hydrogens (tertiary/aromatic N) is 2. The van der Waals surface area contributed by atoms with E-state index in [2.05, 4.69) is 4.98 Å². The van der Waals surface area contributed by atoms with Gasteiger partial charge < -0.3 is 0 Å². The Bertz CT molecular complexity index is 665. The van der Waals surface area contributed by atoms with Crippen LogP contribution in [0.2, 0.25) is 5.15 Å². The first-order chi connectivity index (χ1) is 8.47. The lowest BCUT2D eigenvalue weighted by Crippen LogP contribution is -1.94. The van der Waals surface area contributed by atoms with Crippen LogP contribution in [0.25, 0.3) is 17.0 Å². The molecule has 1 aromatic carbocycles. The van der Waals surface area contributed by atoms with Crippen molar-refractivity contribution in [3.8, 4) is 0 Å². The minimum atomic E-state index is -0.449. The van der Waals surface area contributed by atoms with Crippen LogP contribution in [0.15, 0.2) is 30.0 Å². The third-order valence-electron chi connectivity index (χ3n) is 2.61. The fourth-order valence-electron chi connectivity index (χ4n) is 1.65. The van der Waals surface area contributed by atoms with Crippen LogP contribution in [0.5, 0.6) is 0 Å². The van der Waals surface area contributed by atoms with Gasteiger partial charge >= 0.3 is 0 Å². The Hall–Kier alpha value is -1.94. The lowest BCUT2D eigenvalue weighted by molar-refractivity contribution is -0.422. The number of nitro groups is 1. The Balaban J connectivity index is 2.60. The lowest BCUT2D eigenvalue weighted by Gasteiger charge is -2.03. The van der Waals surface area contributed by atoms with Crippen molar-refractivity contribution in [3.63, 3.8) is 0 Å². The minimum Gasteiger partial charge on any atom is -0.259 e. The molecule has 0 amide bonds. The van der Waals surface area contributed by atoms with E-state index in [0.717, 1.165) is 16.5 Å². The average molecular weight is 263 g/mol. The Morgan fingerprint density at radius 1 is 1.44 bits per heavy atom. The standard InChI is InChI=1S/C13H11ClN2O2/c1-8-3-4-10-7-11(6-9(2)16(17)18)13(14)15-12(10)5-8/h3-7H,1-2H3/b9-6+. The van der Waals surface area contributed by atoms with Gasteiger partial charge in [-0.1, -0.05) is 23.7 Å². The minimum absolute atomic E-state index is 0.0326. The van der Waals surface area contributed by atoms with Crippen LogP contribution < -0.4 is 0 Å². The summed E-state index contributed by atoms with van der Waals surface area (Å²) in [5.74, 6) is 0. The van der Waals surface area contributed by atoms with Crippen LogP contribution >= 0.6 is 11.6 Å². The second-order valence-electron chi connectivity index (χ2n) is 4.11. The normalized spacial score (nSPS) is 11.8. The summed E-state index contributed by atoms with van der Waals surface area (Å²) in [7, 11) is 0. The number of halogens is 1. The second kappa shape index (κ2) is 4.74. The topological polar surface area (TPSA) is 56.0 Å². The molecule has 92 valence electrons. The first kappa shape index (κ1) is 12.5. The molecule has 1 heterocycles. The van der Waals surface area contributed by atoms with Crippen molar-refractivity contribution in [1.29, 1.82) is 0 Å². The number of aryl methyl sites for hydroxylation is 1. The third kappa shape index (κ3) is 2.49. The molecule has 0 bridgehead atoms. The van der Waals surface area contributed by atoms with E-state index < -0.39 is 4.92 Å². The number of aromatic nitrogens is 1. The van der Waals surface area contributed by atoms with Crippen molar-refractivity contribution in [2.75, 3.05) is 0 Å². The van der Waals surface area contributed by atoms with Gasteiger partial charge in [0, 0.05) is 23.9 Å². The number of hydrogen-bond acceptors (Lipinski definition) is 3. The zero-order chi connectivity index (χ0) is 13.3. The second-order valence-corrected chi connectivity index (χ2v) is 4.47. The van der Waals surface area contributed by atoms with Crippen LogP contribution in [0.1, 0.15) is 18.1 Å². The molecule has 2 rings (SSSR count). The van der Waals surface area contributed by atoms with Gasteiger partial charge in [0.25, 0.3) is 0 Å². The molecule has 0 aliphatic heterocycles. The van der Waals surface area contributed by atoms with Crippen molar-refractivity contribution < 1.29 is 4.92 Å². The van der Waals surface area contributed by atoms with Gasteiger partial charge in [0.05, 0.1) is 10.4 Å². The summed E-state index contributed by atoms with van der Waals surface area (Å²) in [4.78, 5) is 14.4. The van der Waals surface area contributed by atoms with Crippen molar-refractivity contribution in [2.24, 2.45) is 0 Å². The number of pyridine rings is 1. The van der Waals surface area contributed by atoms with Gasteiger partial charge in [-0.15, -0.1) is 0 Å². The molecule has 0 radical (unpaired) electrons. The maximum Gasteiger partial charge on any atom is 0.243 e. The largest absolute Gasteiger partial charge is 0.259 e. The molecule has 18 heavy (non-hydrogen) atoms. The summed E-state index contributed by atoms with van der Waals surface area (Å²) in [6, 6.07) is 7.62. The molecule has 5 heteroatoms. The van der Waals surface area contributed by atoms with E-state index in [1.54, 1.807) is 6.07 Å². The smallest absolute Gasteiger partial charge is 0.243 e. The molecule has 0 spiro atoms. The fraction of sp³-hybridized carbons (Fsp3) is 0.154. The van der Waals surface area contributed by atoms with Crippen LogP contribution in [0.4, 0.5) is 0 Å². The molecular formula is C13H11ClN2O2. The molecule has 0 unspecified atom stereocenters. The van der Waals surface area contributed by atoms with Crippen LogP contribution in [-0.4, -0.2) is 9.91 Å². The summed E-state index contributed by atoms with van der Waals surface area (Å²) in [6.45, 7) is 3.40. The van der Waals surface area contributed by atoms with Gasteiger partial charge in [-0.3, -0.25) is 10.1 Å². The molecule has 0 aliphatic carbocycles.